The molecule has 2 aromatic rings. The van der Waals surface area contributed by atoms with Crippen LogP contribution in [0.25, 0.3) is 0 Å². The van der Waals surface area contributed by atoms with Crippen LogP contribution in [0.2, 0.25) is 0 Å². The Bertz CT molecular complexity index is 624. The summed E-state index contributed by atoms with van der Waals surface area (Å²) in [6.45, 7) is 4.19. The van der Waals surface area contributed by atoms with Gasteiger partial charge in [0.25, 0.3) is 0 Å². The Labute approximate surface area is 117 Å². The van der Waals surface area contributed by atoms with Gasteiger partial charge >= 0.3 is 0 Å². The van der Waals surface area contributed by atoms with E-state index in [1.54, 1.807) is 18.5 Å². The SMILES string of the molecule is CC(C)c1ccccc1Oc1cnccc1/C(N)=N/O. The first kappa shape index (κ1) is 13.9. The second-order valence-corrected chi connectivity index (χ2v) is 4.65. The van der Waals surface area contributed by atoms with Crippen LogP contribution in [0.3, 0.4) is 0 Å². The molecule has 0 unspecified atom stereocenters. The minimum absolute atomic E-state index is 0.00979. The Kier molecular flexibility index (Phi) is 4.20. The lowest BCUT2D eigenvalue weighted by molar-refractivity contribution is 0.318. The summed E-state index contributed by atoms with van der Waals surface area (Å²) in [7, 11) is 0. The van der Waals surface area contributed by atoms with Gasteiger partial charge in [0.15, 0.2) is 11.6 Å². The highest BCUT2D eigenvalue weighted by Crippen LogP contribution is 2.31. The molecule has 1 aromatic heterocycles. The standard InChI is InChI=1S/C15H17N3O2/c1-10(2)11-5-3-4-6-13(11)20-14-9-17-8-7-12(14)15(16)18-19/h3-10,19H,1-2H3,(H2,16,18). The highest BCUT2D eigenvalue weighted by molar-refractivity contribution is 5.99. The van der Waals surface area contributed by atoms with Crippen molar-refractivity contribution < 1.29 is 9.94 Å². The zero-order chi connectivity index (χ0) is 14.5. The van der Waals surface area contributed by atoms with Gasteiger partial charge in [0.1, 0.15) is 5.75 Å². The zero-order valence-corrected chi connectivity index (χ0v) is 11.4. The Morgan fingerprint density at radius 1 is 1.25 bits per heavy atom. The summed E-state index contributed by atoms with van der Waals surface area (Å²) in [6, 6.07) is 9.41. The van der Waals surface area contributed by atoms with Gasteiger partial charge in [-0.15, -0.1) is 0 Å². The monoisotopic (exact) mass is 271 g/mol. The molecule has 3 N–H and O–H groups in total. The van der Waals surface area contributed by atoms with Gasteiger partial charge in [-0.25, -0.2) is 0 Å². The van der Waals surface area contributed by atoms with Crippen LogP contribution in [0.4, 0.5) is 0 Å². The molecule has 0 aliphatic carbocycles. The number of rotatable bonds is 4. The fraction of sp³-hybridized carbons (Fsp3) is 0.200. The van der Waals surface area contributed by atoms with E-state index in [1.165, 1.54) is 0 Å². The van der Waals surface area contributed by atoms with Crippen molar-refractivity contribution in [3.8, 4) is 11.5 Å². The van der Waals surface area contributed by atoms with Crippen LogP contribution < -0.4 is 10.5 Å². The first-order valence-corrected chi connectivity index (χ1v) is 6.32. The van der Waals surface area contributed by atoms with E-state index >= 15 is 0 Å². The molecule has 1 heterocycles. The smallest absolute Gasteiger partial charge is 0.173 e. The molecule has 20 heavy (non-hydrogen) atoms. The molecule has 0 aliphatic heterocycles. The van der Waals surface area contributed by atoms with Crippen molar-refractivity contribution in [1.29, 1.82) is 0 Å². The zero-order valence-electron chi connectivity index (χ0n) is 11.4. The van der Waals surface area contributed by atoms with Crippen LogP contribution in [-0.2, 0) is 0 Å². The third kappa shape index (κ3) is 2.88. The lowest BCUT2D eigenvalue weighted by Gasteiger charge is -2.15. The van der Waals surface area contributed by atoms with Gasteiger partial charge in [0.05, 0.1) is 11.8 Å². The van der Waals surface area contributed by atoms with Crippen molar-refractivity contribution in [2.75, 3.05) is 0 Å². The number of aromatic nitrogens is 1. The largest absolute Gasteiger partial charge is 0.455 e. The quantitative estimate of drug-likeness (QED) is 0.387. The maximum atomic E-state index is 8.81. The molecule has 5 nitrogen and oxygen atoms in total. The predicted molar refractivity (Wildman–Crippen MR) is 77.4 cm³/mol. The first-order chi connectivity index (χ1) is 9.63. The number of hydrogen-bond donors (Lipinski definition) is 2. The van der Waals surface area contributed by atoms with Crippen LogP contribution >= 0.6 is 0 Å². The Morgan fingerprint density at radius 3 is 2.70 bits per heavy atom. The molecular weight excluding hydrogens is 254 g/mol. The number of hydrogen-bond acceptors (Lipinski definition) is 4. The van der Waals surface area contributed by atoms with Crippen molar-refractivity contribution >= 4 is 5.84 Å². The third-order valence-electron chi connectivity index (χ3n) is 2.93. The highest BCUT2D eigenvalue weighted by Gasteiger charge is 2.12. The van der Waals surface area contributed by atoms with Gasteiger partial charge in [-0.1, -0.05) is 37.2 Å². The number of pyridine rings is 1. The lowest BCUT2D eigenvalue weighted by atomic mass is 10.0. The van der Waals surface area contributed by atoms with Crippen LogP contribution in [0.1, 0.15) is 30.9 Å². The minimum Gasteiger partial charge on any atom is -0.455 e. The molecule has 0 bridgehead atoms. The van der Waals surface area contributed by atoms with Crippen molar-refractivity contribution in [3.05, 3.63) is 53.9 Å². The maximum absolute atomic E-state index is 8.81. The van der Waals surface area contributed by atoms with E-state index in [9.17, 15) is 0 Å². The van der Waals surface area contributed by atoms with Crippen LogP contribution in [0.5, 0.6) is 11.5 Å². The van der Waals surface area contributed by atoms with E-state index in [-0.39, 0.29) is 5.84 Å². The fourth-order valence-corrected chi connectivity index (χ4v) is 1.90. The molecule has 0 saturated carbocycles. The maximum Gasteiger partial charge on any atom is 0.173 e. The molecule has 5 heteroatoms. The molecule has 0 fully saturated rings. The van der Waals surface area contributed by atoms with Gasteiger partial charge in [0, 0.05) is 6.20 Å². The number of nitrogens with zero attached hydrogens (tertiary/aromatic N) is 2. The van der Waals surface area contributed by atoms with E-state index < -0.39 is 0 Å². The van der Waals surface area contributed by atoms with Crippen LogP contribution in [0.15, 0.2) is 47.9 Å². The summed E-state index contributed by atoms with van der Waals surface area (Å²) in [6.07, 6.45) is 3.11. The van der Waals surface area contributed by atoms with Crippen molar-refractivity contribution in [2.45, 2.75) is 19.8 Å². The van der Waals surface area contributed by atoms with Crippen molar-refractivity contribution in [3.63, 3.8) is 0 Å². The van der Waals surface area contributed by atoms with Crippen molar-refractivity contribution in [1.82, 2.24) is 4.98 Å². The number of amidine groups is 1. The number of benzene rings is 1. The summed E-state index contributed by atoms with van der Waals surface area (Å²) in [4.78, 5) is 4.02. The van der Waals surface area contributed by atoms with E-state index in [2.05, 4.69) is 24.0 Å². The molecular formula is C15H17N3O2. The average Bonchev–Trinajstić information content (AvgIpc) is 2.47. The first-order valence-electron chi connectivity index (χ1n) is 6.32. The van der Waals surface area contributed by atoms with E-state index in [0.717, 1.165) is 11.3 Å². The topological polar surface area (TPSA) is 80.7 Å². The van der Waals surface area contributed by atoms with Gasteiger partial charge < -0.3 is 15.7 Å². The lowest BCUT2D eigenvalue weighted by Crippen LogP contribution is -2.14. The molecule has 0 radical (unpaired) electrons. The molecule has 104 valence electrons. The normalized spacial score (nSPS) is 11.7. The molecule has 0 atom stereocenters. The molecule has 0 aliphatic rings. The molecule has 0 amide bonds. The number of nitrogens with two attached hydrogens (primary N) is 1. The highest BCUT2D eigenvalue weighted by atomic mass is 16.5. The van der Waals surface area contributed by atoms with E-state index in [1.807, 2.05) is 24.3 Å². The van der Waals surface area contributed by atoms with E-state index in [4.69, 9.17) is 15.7 Å². The third-order valence-corrected chi connectivity index (χ3v) is 2.93. The predicted octanol–water partition coefficient (Wildman–Crippen LogP) is 3.09. The Balaban J connectivity index is 2.41. The minimum atomic E-state index is -0.00979. The average molecular weight is 271 g/mol. The summed E-state index contributed by atoms with van der Waals surface area (Å²) in [5.74, 6) is 1.51. The van der Waals surface area contributed by atoms with E-state index in [0.29, 0.717) is 17.2 Å². The second-order valence-electron chi connectivity index (χ2n) is 4.65. The summed E-state index contributed by atoms with van der Waals surface area (Å²) in [5, 5.41) is 11.8. The number of para-hydroxylation sites is 1. The summed E-state index contributed by atoms with van der Waals surface area (Å²) < 4.78 is 5.89. The summed E-state index contributed by atoms with van der Waals surface area (Å²) in [5.41, 5.74) is 7.22. The van der Waals surface area contributed by atoms with Gasteiger partial charge in [-0.05, 0) is 23.6 Å². The van der Waals surface area contributed by atoms with Gasteiger partial charge in [-0.2, -0.15) is 0 Å². The Hall–Kier alpha value is -2.56. The second kappa shape index (κ2) is 6.06. The van der Waals surface area contributed by atoms with Crippen molar-refractivity contribution in [2.24, 2.45) is 10.9 Å². The Morgan fingerprint density at radius 2 is 2.00 bits per heavy atom. The number of ether oxygens (including phenoxy) is 1. The number of oxime groups is 1. The summed E-state index contributed by atoms with van der Waals surface area (Å²) >= 11 is 0. The fourth-order valence-electron chi connectivity index (χ4n) is 1.90. The van der Waals surface area contributed by atoms with Gasteiger partial charge in [-0.3, -0.25) is 4.98 Å². The molecule has 1 aromatic carbocycles. The molecule has 0 saturated heterocycles. The van der Waals surface area contributed by atoms with Gasteiger partial charge in [0.2, 0.25) is 0 Å². The molecule has 2 rings (SSSR count). The molecule has 0 spiro atoms. The van der Waals surface area contributed by atoms with Crippen LogP contribution in [0, 0.1) is 0 Å². The van der Waals surface area contributed by atoms with Crippen LogP contribution in [-0.4, -0.2) is 16.0 Å².